The Labute approximate surface area is 165 Å². The van der Waals surface area contributed by atoms with E-state index in [-0.39, 0.29) is 24.5 Å². The maximum Gasteiger partial charge on any atom is 0.411 e. The van der Waals surface area contributed by atoms with Crippen molar-refractivity contribution >= 4 is 27.6 Å². The molecule has 1 rings (SSSR count). The molecule has 0 bridgehead atoms. The Hall–Kier alpha value is -1.88. The summed E-state index contributed by atoms with van der Waals surface area (Å²) in [5, 5.41) is 23.4. The van der Waals surface area contributed by atoms with Gasteiger partial charge in [-0.25, -0.2) is 4.79 Å². The average Bonchev–Trinajstić information content (AvgIpc) is 2.64. The molecule has 0 aliphatic rings. The fourth-order valence-corrected chi connectivity index (χ4v) is 3.11. The highest BCUT2D eigenvalue weighted by atomic mass is 32.2. The van der Waals surface area contributed by atoms with E-state index in [0.29, 0.717) is 0 Å². The summed E-state index contributed by atoms with van der Waals surface area (Å²) in [7, 11) is -4.51. The number of aliphatic hydroxyl groups excluding tert-OH is 2. The lowest BCUT2D eigenvalue weighted by Crippen LogP contribution is -2.24. The van der Waals surface area contributed by atoms with Crippen LogP contribution in [0.15, 0.2) is 23.1 Å². The van der Waals surface area contributed by atoms with Crippen LogP contribution >= 0.6 is 0 Å². The van der Waals surface area contributed by atoms with E-state index < -0.39 is 33.8 Å². The summed E-state index contributed by atoms with van der Waals surface area (Å²) in [6.45, 7) is 1.77. The molecule has 0 spiro atoms. The van der Waals surface area contributed by atoms with E-state index in [4.69, 9.17) is 9.84 Å². The molecule has 1 amide bonds. The molecule has 160 valence electrons. The molecular formula is C18H30N2O7S. The summed E-state index contributed by atoms with van der Waals surface area (Å²) in [6.07, 6.45) is 4.61. The molecule has 0 heterocycles. The molecule has 5 N–H and O–H groups in total. The summed E-state index contributed by atoms with van der Waals surface area (Å²) in [4.78, 5) is 11.4. The van der Waals surface area contributed by atoms with E-state index in [1.54, 1.807) is 0 Å². The molecule has 0 aromatic heterocycles. The van der Waals surface area contributed by atoms with Crippen LogP contribution in [0, 0.1) is 0 Å². The summed E-state index contributed by atoms with van der Waals surface area (Å²) in [5.41, 5.74) is 0.227. The van der Waals surface area contributed by atoms with Crippen LogP contribution in [-0.4, -0.2) is 55.1 Å². The van der Waals surface area contributed by atoms with Gasteiger partial charge in [-0.1, -0.05) is 39.0 Å². The first-order valence-electron chi connectivity index (χ1n) is 9.36. The van der Waals surface area contributed by atoms with Crippen molar-refractivity contribution in [3.05, 3.63) is 18.2 Å². The topological polar surface area (TPSA) is 145 Å². The number of carbonyl (C=O) groups excluding carboxylic acids is 1. The quantitative estimate of drug-likeness (QED) is 0.243. The highest BCUT2D eigenvalue weighted by Gasteiger charge is 2.17. The van der Waals surface area contributed by atoms with Crippen molar-refractivity contribution in [1.29, 1.82) is 0 Å². The van der Waals surface area contributed by atoms with Crippen LogP contribution in [0.5, 0.6) is 0 Å². The van der Waals surface area contributed by atoms with Gasteiger partial charge in [-0.15, -0.1) is 0 Å². The van der Waals surface area contributed by atoms with Crippen LogP contribution in [0.1, 0.15) is 45.4 Å². The van der Waals surface area contributed by atoms with Gasteiger partial charge >= 0.3 is 6.09 Å². The number of ether oxygens (including phenoxy) is 1. The van der Waals surface area contributed by atoms with Crippen LogP contribution in [0.3, 0.4) is 0 Å². The molecular weight excluding hydrogens is 388 g/mol. The second-order valence-electron chi connectivity index (χ2n) is 6.43. The van der Waals surface area contributed by atoms with Gasteiger partial charge in [0.05, 0.1) is 25.0 Å². The van der Waals surface area contributed by atoms with E-state index in [2.05, 4.69) is 17.6 Å². The Morgan fingerprint density at radius 2 is 1.86 bits per heavy atom. The molecule has 1 unspecified atom stereocenters. The second-order valence-corrected chi connectivity index (χ2v) is 7.82. The predicted octanol–water partition coefficient (Wildman–Crippen LogP) is 2.61. The fraction of sp³-hybridized carbons (Fsp3) is 0.611. The first kappa shape index (κ1) is 24.2. The number of anilines is 2. The van der Waals surface area contributed by atoms with Crippen LogP contribution < -0.4 is 10.6 Å². The molecule has 0 aliphatic carbocycles. The smallest absolute Gasteiger partial charge is 0.411 e. The molecule has 0 saturated carbocycles. The number of amides is 1. The summed E-state index contributed by atoms with van der Waals surface area (Å²) >= 11 is 0. The van der Waals surface area contributed by atoms with Gasteiger partial charge in [0.25, 0.3) is 10.1 Å². The molecule has 0 fully saturated rings. The van der Waals surface area contributed by atoms with E-state index in [1.807, 2.05) is 0 Å². The Morgan fingerprint density at radius 3 is 2.50 bits per heavy atom. The van der Waals surface area contributed by atoms with Crippen LogP contribution in [-0.2, 0) is 14.9 Å². The van der Waals surface area contributed by atoms with E-state index >= 15 is 0 Å². The SMILES string of the molecule is CCCCCCCCOC(=O)Nc1ccc(S(=O)(=O)O)c(NCC(O)CO)c1. The Morgan fingerprint density at radius 1 is 1.18 bits per heavy atom. The molecule has 0 saturated heterocycles. The lowest BCUT2D eigenvalue weighted by molar-refractivity contribution is 0.105. The Bertz CT molecular complexity index is 710. The number of benzene rings is 1. The molecule has 28 heavy (non-hydrogen) atoms. The maximum atomic E-state index is 11.9. The van der Waals surface area contributed by atoms with Crippen molar-refractivity contribution in [1.82, 2.24) is 0 Å². The Balaban J connectivity index is 2.61. The standard InChI is InChI=1S/C18H30N2O7S/c1-2-3-4-5-6-7-10-27-18(23)20-14-8-9-17(28(24,25)26)16(11-14)19-12-15(22)13-21/h8-9,11,15,19,21-22H,2-7,10,12-13H2,1H3,(H,20,23)(H,24,25,26). The summed E-state index contributed by atoms with van der Waals surface area (Å²) < 4.78 is 37.3. The number of hydrogen-bond acceptors (Lipinski definition) is 7. The van der Waals surface area contributed by atoms with Gasteiger partial charge in [-0.2, -0.15) is 8.42 Å². The van der Waals surface area contributed by atoms with Crippen LogP contribution in [0.4, 0.5) is 16.2 Å². The number of unbranched alkanes of at least 4 members (excludes halogenated alkanes) is 5. The minimum absolute atomic E-state index is 0.0243. The largest absolute Gasteiger partial charge is 0.449 e. The summed E-state index contributed by atoms with van der Waals surface area (Å²) in [5.74, 6) is 0. The van der Waals surface area contributed by atoms with Gasteiger partial charge in [-0.05, 0) is 24.6 Å². The predicted molar refractivity (Wildman–Crippen MR) is 106 cm³/mol. The molecule has 1 atom stereocenters. The fourth-order valence-electron chi connectivity index (χ4n) is 2.46. The number of nitrogens with one attached hydrogen (secondary N) is 2. The number of aliphatic hydroxyl groups is 2. The third-order valence-electron chi connectivity index (χ3n) is 3.97. The molecule has 10 heteroatoms. The van der Waals surface area contributed by atoms with E-state index in [1.165, 1.54) is 31.4 Å². The van der Waals surface area contributed by atoms with E-state index in [0.717, 1.165) is 25.3 Å². The zero-order chi connectivity index (χ0) is 21.0. The minimum Gasteiger partial charge on any atom is -0.449 e. The van der Waals surface area contributed by atoms with Crippen molar-refractivity contribution < 1.29 is 32.7 Å². The lowest BCUT2D eigenvalue weighted by atomic mass is 10.1. The zero-order valence-electron chi connectivity index (χ0n) is 16.1. The normalized spacial score (nSPS) is 12.4. The van der Waals surface area contributed by atoms with Crippen molar-refractivity contribution in [3.8, 4) is 0 Å². The first-order chi connectivity index (χ1) is 13.3. The monoisotopic (exact) mass is 418 g/mol. The number of carbonyl (C=O) groups is 1. The van der Waals surface area contributed by atoms with Crippen molar-refractivity contribution in [2.45, 2.75) is 56.4 Å². The van der Waals surface area contributed by atoms with Gasteiger partial charge in [-0.3, -0.25) is 9.87 Å². The first-order valence-corrected chi connectivity index (χ1v) is 10.8. The highest BCUT2D eigenvalue weighted by Crippen LogP contribution is 2.25. The molecule has 1 aromatic carbocycles. The lowest BCUT2D eigenvalue weighted by Gasteiger charge is -2.15. The maximum absolute atomic E-state index is 11.9. The number of hydrogen-bond donors (Lipinski definition) is 5. The second kappa shape index (κ2) is 12.6. The average molecular weight is 419 g/mol. The van der Waals surface area contributed by atoms with Gasteiger partial charge in [0, 0.05) is 12.2 Å². The third kappa shape index (κ3) is 9.36. The van der Waals surface area contributed by atoms with Crippen LogP contribution in [0.2, 0.25) is 0 Å². The number of rotatable bonds is 13. The van der Waals surface area contributed by atoms with Crippen molar-refractivity contribution in [2.24, 2.45) is 0 Å². The van der Waals surface area contributed by atoms with Crippen molar-refractivity contribution in [2.75, 3.05) is 30.4 Å². The zero-order valence-corrected chi connectivity index (χ0v) is 16.9. The third-order valence-corrected chi connectivity index (χ3v) is 4.89. The molecule has 0 radical (unpaired) electrons. The molecule has 0 aliphatic heterocycles. The molecule has 9 nitrogen and oxygen atoms in total. The minimum atomic E-state index is -4.51. The van der Waals surface area contributed by atoms with Crippen molar-refractivity contribution in [3.63, 3.8) is 0 Å². The molecule has 1 aromatic rings. The van der Waals surface area contributed by atoms with E-state index in [9.17, 15) is 22.9 Å². The summed E-state index contributed by atoms with van der Waals surface area (Å²) in [6, 6.07) is 3.72. The van der Waals surface area contributed by atoms with Gasteiger partial charge in [0.15, 0.2) is 0 Å². The Kier molecular flexibility index (Phi) is 10.8. The van der Waals surface area contributed by atoms with Gasteiger partial charge in [0.2, 0.25) is 0 Å². The highest BCUT2D eigenvalue weighted by molar-refractivity contribution is 7.86. The van der Waals surface area contributed by atoms with Gasteiger partial charge in [0.1, 0.15) is 4.90 Å². The van der Waals surface area contributed by atoms with Gasteiger partial charge < -0.3 is 20.3 Å². The van der Waals surface area contributed by atoms with Crippen LogP contribution in [0.25, 0.3) is 0 Å².